The summed E-state index contributed by atoms with van der Waals surface area (Å²) in [4.78, 5) is 10.2. The number of nitro groups is 1. The van der Waals surface area contributed by atoms with E-state index in [4.69, 9.17) is 0 Å². The Hall–Kier alpha value is -1.03. The number of hydrogen-bond acceptors (Lipinski definition) is 3. The summed E-state index contributed by atoms with van der Waals surface area (Å²) < 4.78 is 0. The molecule has 0 atom stereocenters. The zero-order valence-electron chi connectivity index (χ0n) is 9.68. The van der Waals surface area contributed by atoms with Crippen molar-refractivity contribution in [1.29, 1.82) is 0 Å². The highest BCUT2D eigenvalue weighted by Gasteiger charge is 2.21. The summed E-state index contributed by atoms with van der Waals surface area (Å²) in [5.74, 6) is 0.895. The van der Waals surface area contributed by atoms with Gasteiger partial charge in [0.15, 0.2) is 0 Å². The van der Waals surface area contributed by atoms with Gasteiger partial charge in [-0.2, -0.15) is 11.8 Å². The number of benzene rings is 1. The van der Waals surface area contributed by atoms with E-state index in [-0.39, 0.29) is 10.6 Å². The summed E-state index contributed by atoms with van der Waals surface area (Å²) in [6.07, 6.45) is 2.61. The monoisotopic (exact) mass is 239 g/mol. The fraction of sp³-hybridized carbons (Fsp3) is 0.500. The maximum Gasteiger partial charge on any atom is 0.269 e. The SMILES string of the molecule is CC.O=[N+]([O-])c1cccc(CSC2CC2)c1. The van der Waals surface area contributed by atoms with Gasteiger partial charge in [0, 0.05) is 23.1 Å². The van der Waals surface area contributed by atoms with Gasteiger partial charge in [0.05, 0.1) is 4.92 Å². The molecule has 1 aromatic carbocycles. The van der Waals surface area contributed by atoms with E-state index >= 15 is 0 Å². The summed E-state index contributed by atoms with van der Waals surface area (Å²) in [7, 11) is 0. The Labute approximate surface area is 100 Å². The predicted octanol–water partition coefficient (Wildman–Crippen LogP) is 4.02. The standard InChI is InChI=1S/C10H11NO2S.C2H6/c12-11(13)9-3-1-2-8(6-9)7-14-10-4-5-10;1-2/h1-3,6,10H,4-5,7H2;1-2H3. The van der Waals surface area contributed by atoms with Gasteiger partial charge in [0.25, 0.3) is 5.69 Å². The normalized spacial score (nSPS) is 13.9. The predicted molar refractivity (Wildman–Crippen MR) is 68.8 cm³/mol. The van der Waals surface area contributed by atoms with Crippen LogP contribution in [0.15, 0.2) is 24.3 Å². The maximum atomic E-state index is 10.5. The smallest absolute Gasteiger partial charge is 0.258 e. The highest BCUT2D eigenvalue weighted by molar-refractivity contribution is 7.99. The molecule has 3 nitrogen and oxygen atoms in total. The summed E-state index contributed by atoms with van der Waals surface area (Å²) in [5.41, 5.74) is 1.25. The van der Waals surface area contributed by atoms with Crippen molar-refractivity contribution < 1.29 is 4.92 Å². The van der Waals surface area contributed by atoms with Crippen molar-refractivity contribution in [3.8, 4) is 0 Å². The Bertz CT molecular complexity index is 351. The topological polar surface area (TPSA) is 43.1 Å². The molecule has 1 aliphatic rings. The van der Waals surface area contributed by atoms with Crippen molar-refractivity contribution in [2.45, 2.75) is 37.7 Å². The van der Waals surface area contributed by atoms with Gasteiger partial charge in [-0.3, -0.25) is 10.1 Å². The van der Waals surface area contributed by atoms with E-state index in [1.165, 1.54) is 18.9 Å². The molecule has 1 aromatic rings. The number of rotatable bonds is 4. The fourth-order valence-corrected chi connectivity index (χ4v) is 2.29. The van der Waals surface area contributed by atoms with Crippen LogP contribution in [-0.4, -0.2) is 10.2 Å². The minimum absolute atomic E-state index is 0.193. The average Bonchev–Trinajstić information content (AvgIpc) is 3.13. The van der Waals surface area contributed by atoms with Gasteiger partial charge in [-0.05, 0) is 18.4 Å². The Morgan fingerprint density at radius 2 is 2.12 bits per heavy atom. The molecular weight excluding hydrogens is 222 g/mol. The third kappa shape index (κ3) is 4.23. The molecule has 0 aliphatic heterocycles. The number of thioether (sulfide) groups is 1. The number of non-ortho nitro benzene ring substituents is 1. The van der Waals surface area contributed by atoms with Crippen LogP contribution in [0.2, 0.25) is 0 Å². The van der Waals surface area contributed by atoms with E-state index in [0.717, 1.165) is 16.6 Å². The average molecular weight is 239 g/mol. The van der Waals surface area contributed by atoms with E-state index in [9.17, 15) is 10.1 Å². The second-order valence-corrected chi connectivity index (χ2v) is 4.73. The van der Waals surface area contributed by atoms with Gasteiger partial charge < -0.3 is 0 Å². The van der Waals surface area contributed by atoms with Crippen LogP contribution in [0.3, 0.4) is 0 Å². The highest BCUT2D eigenvalue weighted by Crippen LogP contribution is 2.36. The number of nitrogens with zero attached hydrogens (tertiary/aromatic N) is 1. The van der Waals surface area contributed by atoms with Gasteiger partial charge in [-0.15, -0.1) is 0 Å². The van der Waals surface area contributed by atoms with Gasteiger partial charge in [0.1, 0.15) is 0 Å². The first kappa shape index (κ1) is 13.0. The van der Waals surface area contributed by atoms with Gasteiger partial charge in [0.2, 0.25) is 0 Å². The lowest BCUT2D eigenvalue weighted by Crippen LogP contribution is -1.89. The molecule has 88 valence electrons. The summed E-state index contributed by atoms with van der Waals surface area (Å²) in [5, 5.41) is 11.3. The molecule has 0 N–H and O–H groups in total. The first-order chi connectivity index (χ1) is 7.75. The second kappa shape index (κ2) is 6.53. The third-order valence-corrected chi connectivity index (χ3v) is 3.57. The first-order valence-corrected chi connectivity index (χ1v) is 6.65. The Morgan fingerprint density at radius 3 is 2.69 bits per heavy atom. The van der Waals surface area contributed by atoms with Crippen LogP contribution in [0.25, 0.3) is 0 Å². The molecule has 0 saturated heterocycles. The molecule has 0 heterocycles. The van der Waals surface area contributed by atoms with E-state index < -0.39 is 0 Å². The molecule has 0 spiro atoms. The van der Waals surface area contributed by atoms with Crippen molar-refractivity contribution in [2.24, 2.45) is 0 Å². The van der Waals surface area contributed by atoms with Gasteiger partial charge in [-0.25, -0.2) is 0 Å². The van der Waals surface area contributed by atoms with Crippen molar-refractivity contribution in [1.82, 2.24) is 0 Å². The van der Waals surface area contributed by atoms with E-state index in [1.807, 2.05) is 31.7 Å². The quantitative estimate of drug-likeness (QED) is 0.588. The molecule has 0 aromatic heterocycles. The lowest BCUT2D eigenvalue weighted by molar-refractivity contribution is -0.384. The molecule has 1 fully saturated rings. The molecule has 0 amide bonds. The van der Waals surface area contributed by atoms with Crippen molar-refractivity contribution in [3.63, 3.8) is 0 Å². The summed E-state index contributed by atoms with van der Waals surface area (Å²) in [6.45, 7) is 4.00. The fourth-order valence-electron chi connectivity index (χ4n) is 1.21. The lowest BCUT2D eigenvalue weighted by atomic mass is 10.2. The van der Waals surface area contributed by atoms with Crippen LogP contribution in [0.1, 0.15) is 32.3 Å². The molecule has 2 rings (SSSR count). The van der Waals surface area contributed by atoms with Gasteiger partial charge in [-0.1, -0.05) is 26.0 Å². The minimum atomic E-state index is -0.342. The molecule has 1 aliphatic carbocycles. The molecule has 0 bridgehead atoms. The van der Waals surface area contributed by atoms with Crippen molar-refractivity contribution >= 4 is 17.4 Å². The Balaban J connectivity index is 0.000000606. The maximum absolute atomic E-state index is 10.5. The second-order valence-electron chi connectivity index (χ2n) is 3.44. The van der Waals surface area contributed by atoms with Crippen LogP contribution in [0.4, 0.5) is 5.69 Å². The Morgan fingerprint density at radius 1 is 1.44 bits per heavy atom. The van der Waals surface area contributed by atoms with Crippen molar-refractivity contribution in [3.05, 3.63) is 39.9 Å². The number of nitro benzene ring substituents is 1. The molecule has 16 heavy (non-hydrogen) atoms. The van der Waals surface area contributed by atoms with E-state index in [0.29, 0.717) is 0 Å². The summed E-state index contributed by atoms with van der Waals surface area (Å²) >= 11 is 1.89. The van der Waals surface area contributed by atoms with E-state index in [1.54, 1.807) is 12.1 Å². The molecule has 1 saturated carbocycles. The first-order valence-electron chi connectivity index (χ1n) is 5.60. The van der Waals surface area contributed by atoms with Crippen molar-refractivity contribution in [2.75, 3.05) is 0 Å². The highest BCUT2D eigenvalue weighted by atomic mass is 32.2. The summed E-state index contributed by atoms with van der Waals surface area (Å²) in [6, 6.07) is 6.89. The zero-order valence-corrected chi connectivity index (χ0v) is 10.5. The van der Waals surface area contributed by atoms with E-state index in [2.05, 4.69) is 0 Å². The largest absolute Gasteiger partial charge is 0.269 e. The van der Waals surface area contributed by atoms with Crippen LogP contribution in [-0.2, 0) is 5.75 Å². The minimum Gasteiger partial charge on any atom is -0.258 e. The van der Waals surface area contributed by atoms with Crippen LogP contribution >= 0.6 is 11.8 Å². The van der Waals surface area contributed by atoms with Crippen LogP contribution < -0.4 is 0 Å². The number of hydrogen-bond donors (Lipinski definition) is 0. The molecular formula is C12H17NO2S. The third-order valence-electron chi connectivity index (χ3n) is 2.13. The molecule has 0 unspecified atom stereocenters. The zero-order chi connectivity index (χ0) is 12.0. The lowest BCUT2D eigenvalue weighted by Gasteiger charge is -1.99. The van der Waals surface area contributed by atoms with Crippen LogP contribution in [0.5, 0.6) is 0 Å². The Kier molecular flexibility index (Phi) is 5.32. The molecule has 0 radical (unpaired) electrons. The van der Waals surface area contributed by atoms with Gasteiger partial charge >= 0.3 is 0 Å². The molecule has 4 heteroatoms. The van der Waals surface area contributed by atoms with Crippen LogP contribution in [0, 0.1) is 10.1 Å².